The summed E-state index contributed by atoms with van der Waals surface area (Å²) in [4.78, 5) is 12.4. The fraction of sp³-hybridized carbons (Fsp3) is 0.588. The molecule has 1 aromatic carbocycles. The number of nitrogens with one attached hydrogen (secondary N) is 2. The van der Waals surface area contributed by atoms with Crippen LogP contribution in [0.5, 0.6) is 0 Å². The molecule has 0 radical (unpaired) electrons. The third-order valence-corrected chi connectivity index (χ3v) is 4.48. The first-order chi connectivity index (χ1) is 9.61. The van der Waals surface area contributed by atoms with Crippen LogP contribution in [-0.4, -0.2) is 19.0 Å². The summed E-state index contributed by atoms with van der Waals surface area (Å²) in [7, 11) is 1.89. The zero-order valence-electron chi connectivity index (χ0n) is 12.8. The number of amides is 1. The van der Waals surface area contributed by atoms with Gasteiger partial charge in [0.1, 0.15) is 0 Å². The maximum absolute atomic E-state index is 12.4. The zero-order chi connectivity index (χ0) is 14.5. The number of hydrogen-bond donors (Lipinski definition) is 2. The lowest BCUT2D eigenvalue weighted by Crippen LogP contribution is -2.39. The van der Waals surface area contributed by atoms with Crippen molar-refractivity contribution < 1.29 is 4.79 Å². The minimum Gasteiger partial charge on any atom is -0.388 e. The standard InChI is InChI=1S/C17H26N2O/c1-12-11-15(18-3)9-10-16(12)17(20)19-13(2)14-7-5-4-6-8-14/h9-11,13-14,18H,4-8H2,1-3H3,(H,19,20). The molecule has 1 aliphatic rings. The summed E-state index contributed by atoms with van der Waals surface area (Å²) < 4.78 is 0. The second-order valence-corrected chi connectivity index (χ2v) is 5.94. The molecule has 0 aromatic heterocycles. The highest BCUT2D eigenvalue weighted by molar-refractivity contribution is 5.96. The molecular formula is C17H26N2O. The van der Waals surface area contributed by atoms with E-state index >= 15 is 0 Å². The fourth-order valence-electron chi connectivity index (χ4n) is 3.11. The van der Waals surface area contributed by atoms with Gasteiger partial charge in [0.05, 0.1) is 0 Å². The first kappa shape index (κ1) is 14.9. The van der Waals surface area contributed by atoms with E-state index in [9.17, 15) is 4.79 Å². The molecule has 1 fully saturated rings. The first-order valence-electron chi connectivity index (χ1n) is 7.71. The average Bonchev–Trinajstić information content (AvgIpc) is 2.47. The monoisotopic (exact) mass is 274 g/mol. The van der Waals surface area contributed by atoms with Gasteiger partial charge in [-0.05, 0) is 56.4 Å². The molecule has 2 N–H and O–H groups in total. The van der Waals surface area contributed by atoms with Crippen molar-refractivity contribution in [3.8, 4) is 0 Å². The van der Waals surface area contributed by atoms with E-state index in [0.29, 0.717) is 5.92 Å². The molecule has 3 nitrogen and oxygen atoms in total. The maximum atomic E-state index is 12.4. The molecule has 20 heavy (non-hydrogen) atoms. The Balaban J connectivity index is 2.00. The Bertz CT molecular complexity index is 464. The van der Waals surface area contributed by atoms with Crippen LogP contribution in [0, 0.1) is 12.8 Å². The van der Waals surface area contributed by atoms with Crippen molar-refractivity contribution in [1.29, 1.82) is 0 Å². The number of anilines is 1. The molecule has 1 amide bonds. The summed E-state index contributed by atoms with van der Waals surface area (Å²) in [6.45, 7) is 4.13. The third-order valence-electron chi connectivity index (χ3n) is 4.48. The molecule has 1 atom stereocenters. The molecule has 1 aromatic rings. The topological polar surface area (TPSA) is 41.1 Å². The van der Waals surface area contributed by atoms with Gasteiger partial charge in [0.25, 0.3) is 5.91 Å². The Kier molecular flexibility index (Phi) is 5.05. The van der Waals surface area contributed by atoms with E-state index < -0.39 is 0 Å². The van der Waals surface area contributed by atoms with Crippen LogP contribution in [0.4, 0.5) is 5.69 Å². The summed E-state index contributed by atoms with van der Waals surface area (Å²) in [6.07, 6.45) is 6.46. The molecule has 2 rings (SSSR count). The van der Waals surface area contributed by atoms with Gasteiger partial charge >= 0.3 is 0 Å². The average molecular weight is 274 g/mol. The number of benzene rings is 1. The summed E-state index contributed by atoms with van der Waals surface area (Å²) in [5.74, 6) is 0.702. The number of aryl methyl sites for hydroxylation is 1. The molecule has 3 heteroatoms. The molecule has 110 valence electrons. The first-order valence-corrected chi connectivity index (χ1v) is 7.71. The molecule has 0 bridgehead atoms. The zero-order valence-corrected chi connectivity index (χ0v) is 12.8. The molecule has 0 aliphatic heterocycles. The highest BCUT2D eigenvalue weighted by atomic mass is 16.1. The van der Waals surface area contributed by atoms with Gasteiger partial charge in [-0.25, -0.2) is 0 Å². The van der Waals surface area contributed by atoms with Crippen molar-refractivity contribution in [2.75, 3.05) is 12.4 Å². The third kappa shape index (κ3) is 3.53. The van der Waals surface area contributed by atoms with Crippen LogP contribution in [0.15, 0.2) is 18.2 Å². The fourth-order valence-corrected chi connectivity index (χ4v) is 3.11. The smallest absolute Gasteiger partial charge is 0.251 e. The highest BCUT2D eigenvalue weighted by Gasteiger charge is 2.22. The number of carbonyl (C=O) groups is 1. The number of rotatable bonds is 4. The Morgan fingerprint density at radius 1 is 1.25 bits per heavy atom. The second kappa shape index (κ2) is 6.78. The lowest BCUT2D eigenvalue weighted by molar-refractivity contribution is 0.0918. The van der Waals surface area contributed by atoms with Crippen LogP contribution in [0.3, 0.4) is 0 Å². The Hall–Kier alpha value is -1.51. The summed E-state index contributed by atoms with van der Waals surface area (Å²) in [5, 5.41) is 6.28. The lowest BCUT2D eigenvalue weighted by Gasteiger charge is -2.28. The minimum atomic E-state index is 0.0585. The van der Waals surface area contributed by atoms with Gasteiger partial charge in [0, 0.05) is 24.3 Å². The van der Waals surface area contributed by atoms with Gasteiger partial charge < -0.3 is 10.6 Å². The Morgan fingerprint density at radius 3 is 2.55 bits per heavy atom. The molecule has 0 spiro atoms. The van der Waals surface area contributed by atoms with Crippen molar-refractivity contribution in [3.63, 3.8) is 0 Å². The van der Waals surface area contributed by atoms with E-state index in [-0.39, 0.29) is 11.9 Å². The predicted octanol–water partition coefficient (Wildman–Crippen LogP) is 3.74. The van der Waals surface area contributed by atoms with Gasteiger partial charge in [-0.1, -0.05) is 19.3 Å². The summed E-state index contributed by atoms with van der Waals surface area (Å²) in [5.41, 5.74) is 2.84. The van der Waals surface area contributed by atoms with Gasteiger partial charge in [0.15, 0.2) is 0 Å². The van der Waals surface area contributed by atoms with E-state index in [1.54, 1.807) is 0 Å². The normalized spacial score (nSPS) is 17.6. The molecule has 0 heterocycles. The van der Waals surface area contributed by atoms with Crippen LogP contribution < -0.4 is 10.6 Å². The highest BCUT2D eigenvalue weighted by Crippen LogP contribution is 2.26. The largest absolute Gasteiger partial charge is 0.388 e. The molecule has 0 saturated heterocycles. The van der Waals surface area contributed by atoms with E-state index in [4.69, 9.17) is 0 Å². The Morgan fingerprint density at radius 2 is 1.95 bits per heavy atom. The molecular weight excluding hydrogens is 248 g/mol. The van der Waals surface area contributed by atoms with E-state index in [1.807, 2.05) is 32.2 Å². The van der Waals surface area contributed by atoms with Gasteiger partial charge in [-0.2, -0.15) is 0 Å². The quantitative estimate of drug-likeness (QED) is 0.878. The number of hydrogen-bond acceptors (Lipinski definition) is 2. The molecule has 1 aliphatic carbocycles. The van der Waals surface area contributed by atoms with E-state index in [1.165, 1.54) is 32.1 Å². The second-order valence-electron chi connectivity index (χ2n) is 5.94. The summed E-state index contributed by atoms with van der Waals surface area (Å²) in [6, 6.07) is 6.14. The van der Waals surface area contributed by atoms with Crippen molar-refractivity contribution in [2.24, 2.45) is 5.92 Å². The van der Waals surface area contributed by atoms with Crippen molar-refractivity contribution in [3.05, 3.63) is 29.3 Å². The van der Waals surface area contributed by atoms with Crippen molar-refractivity contribution in [1.82, 2.24) is 5.32 Å². The van der Waals surface area contributed by atoms with Crippen molar-refractivity contribution >= 4 is 11.6 Å². The van der Waals surface area contributed by atoms with Crippen LogP contribution in [0.1, 0.15) is 54.9 Å². The predicted molar refractivity (Wildman–Crippen MR) is 84.2 cm³/mol. The van der Waals surface area contributed by atoms with Crippen LogP contribution >= 0.6 is 0 Å². The summed E-state index contributed by atoms with van der Waals surface area (Å²) >= 11 is 0. The Labute approximate surface area is 122 Å². The minimum absolute atomic E-state index is 0.0585. The number of carbonyl (C=O) groups excluding carboxylic acids is 1. The van der Waals surface area contributed by atoms with Gasteiger partial charge in [0.2, 0.25) is 0 Å². The van der Waals surface area contributed by atoms with Crippen molar-refractivity contribution in [2.45, 2.75) is 52.0 Å². The van der Waals surface area contributed by atoms with E-state index in [2.05, 4.69) is 17.6 Å². The van der Waals surface area contributed by atoms with Gasteiger partial charge in [-0.15, -0.1) is 0 Å². The lowest BCUT2D eigenvalue weighted by atomic mass is 9.84. The molecule has 1 saturated carbocycles. The van der Waals surface area contributed by atoms with Crippen LogP contribution in [0.25, 0.3) is 0 Å². The maximum Gasteiger partial charge on any atom is 0.251 e. The SMILES string of the molecule is CNc1ccc(C(=O)NC(C)C2CCCCC2)c(C)c1. The van der Waals surface area contributed by atoms with Crippen LogP contribution in [0.2, 0.25) is 0 Å². The van der Waals surface area contributed by atoms with Gasteiger partial charge in [-0.3, -0.25) is 4.79 Å². The van der Waals surface area contributed by atoms with E-state index in [0.717, 1.165) is 16.8 Å². The van der Waals surface area contributed by atoms with Crippen LogP contribution in [-0.2, 0) is 0 Å². The molecule has 1 unspecified atom stereocenters.